The molecule has 0 unspecified atom stereocenters. The maximum Gasteiger partial charge on any atom is 0.135 e. The van der Waals surface area contributed by atoms with Gasteiger partial charge in [0, 0.05) is 57.5 Å². The monoisotopic (exact) mass is 724 g/mol. The van der Waals surface area contributed by atoms with Crippen molar-refractivity contribution in [2.45, 2.75) is 78.6 Å². The third-order valence-electron chi connectivity index (χ3n) is 11.8. The summed E-state index contributed by atoms with van der Waals surface area (Å²) >= 11 is 0. The van der Waals surface area contributed by atoms with Crippen molar-refractivity contribution in [2.24, 2.45) is 0 Å². The molecular weight excluding hydrogens is 677 g/mol. The Hall–Kier alpha value is -5.44. The fraction of sp³-hybridized carbons (Fsp3) is 0.304. The topological polar surface area (TPSA) is 123 Å². The van der Waals surface area contributed by atoms with Gasteiger partial charge in [0.1, 0.15) is 34.5 Å². The molecule has 6 N–H and O–H groups in total. The lowest BCUT2D eigenvalue weighted by Crippen LogP contribution is -2.36. The zero-order valence-corrected chi connectivity index (χ0v) is 32.1. The van der Waals surface area contributed by atoms with Crippen LogP contribution in [-0.2, 0) is 12.8 Å². The van der Waals surface area contributed by atoms with Crippen molar-refractivity contribution in [3.8, 4) is 67.9 Å². The van der Waals surface area contributed by atoms with E-state index >= 15 is 0 Å². The highest BCUT2D eigenvalue weighted by molar-refractivity contribution is 6.13. The number of ether oxygens (including phenoxy) is 2. The smallest absolute Gasteiger partial charge is 0.135 e. The number of benzene rings is 6. The Bertz CT molecular complexity index is 2520. The van der Waals surface area contributed by atoms with Crippen LogP contribution in [0.5, 0.6) is 34.5 Å². The zero-order valence-electron chi connectivity index (χ0n) is 32.1. The van der Waals surface area contributed by atoms with E-state index in [0.29, 0.717) is 66.9 Å². The molecule has 8 rings (SSSR count). The third-order valence-corrected chi connectivity index (χ3v) is 11.8. The number of fused-ring (bicyclic) bond motifs is 4. The summed E-state index contributed by atoms with van der Waals surface area (Å²) in [6.45, 7) is 12.3. The van der Waals surface area contributed by atoms with Crippen LogP contribution in [-0.4, -0.2) is 46.7 Å². The Kier molecular flexibility index (Phi) is 8.66. The summed E-state index contributed by atoms with van der Waals surface area (Å²) in [6.07, 6.45) is 1.62. The SMILES string of the molecule is COc1cc(C)c(-c2ccc3c(c2O)[C@@H](C)N[C@H](C)C3)c2ccc(-c3c(C)c(-c4ccc5c(c4O)[C@@H](C)N[C@H](C)C5)c4cccc(OC)c4c3O)c(O)c12. The number of rotatable bonds is 5. The summed E-state index contributed by atoms with van der Waals surface area (Å²) in [5, 5.41) is 58.0. The number of phenolic OH excluding ortho intramolecular Hbond substituents is 4. The first kappa shape index (κ1) is 35.6. The maximum absolute atomic E-state index is 12.4. The molecule has 0 amide bonds. The maximum atomic E-state index is 12.4. The van der Waals surface area contributed by atoms with E-state index < -0.39 is 0 Å². The largest absolute Gasteiger partial charge is 0.507 e. The number of hydrogen-bond donors (Lipinski definition) is 6. The Morgan fingerprint density at radius 2 is 1.06 bits per heavy atom. The second-order valence-electron chi connectivity index (χ2n) is 15.3. The van der Waals surface area contributed by atoms with E-state index in [2.05, 4.69) is 50.5 Å². The van der Waals surface area contributed by atoms with Crippen LogP contribution in [0.1, 0.15) is 73.2 Å². The van der Waals surface area contributed by atoms with Crippen molar-refractivity contribution >= 4 is 21.5 Å². The van der Waals surface area contributed by atoms with E-state index in [1.807, 2.05) is 56.3 Å². The predicted octanol–water partition coefficient (Wildman–Crippen LogP) is 9.64. The second kappa shape index (κ2) is 13.1. The van der Waals surface area contributed by atoms with Crippen LogP contribution < -0.4 is 20.1 Å². The second-order valence-corrected chi connectivity index (χ2v) is 15.3. The van der Waals surface area contributed by atoms with Gasteiger partial charge >= 0.3 is 0 Å². The summed E-state index contributed by atoms with van der Waals surface area (Å²) < 4.78 is 11.7. The molecule has 8 heteroatoms. The third kappa shape index (κ3) is 5.26. The fourth-order valence-corrected chi connectivity index (χ4v) is 9.61. The van der Waals surface area contributed by atoms with Crippen LogP contribution in [0.2, 0.25) is 0 Å². The molecule has 0 radical (unpaired) electrons. The molecule has 0 aliphatic carbocycles. The number of hydrogen-bond acceptors (Lipinski definition) is 8. The predicted molar refractivity (Wildman–Crippen MR) is 216 cm³/mol. The van der Waals surface area contributed by atoms with E-state index in [1.165, 1.54) is 0 Å². The van der Waals surface area contributed by atoms with Crippen LogP contribution in [0.15, 0.2) is 60.7 Å². The number of aryl methyl sites for hydroxylation is 1. The van der Waals surface area contributed by atoms with Crippen molar-refractivity contribution in [3.63, 3.8) is 0 Å². The van der Waals surface area contributed by atoms with Crippen molar-refractivity contribution < 1.29 is 29.9 Å². The van der Waals surface area contributed by atoms with E-state index in [4.69, 9.17) is 9.47 Å². The highest BCUT2D eigenvalue weighted by Gasteiger charge is 2.31. The minimum atomic E-state index is -0.0769. The Balaban J connectivity index is 1.42. The Morgan fingerprint density at radius 3 is 1.63 bits per heavy atom. The van der Waals surface area contributed by atoms with Gasteiger partial charge in [-0.2, -0.15) is 0 Å². The molecule has 2 aliphatic rings. The molecule has 0 fully saturated rings. The van der Waals surface area contributed by atoms with E-state index in [0.717, 1.165) is 51.8 Å². The van der Waals surface area contributed by atoms with Crippen LogP contribution in [0.4, 0.5) is 0 Å². The van der Waals surface area contributed by atoms with Gasteiger partial charge in [-0.1, -0.05) is 42.5 Å². The average molecular weight is 725 g/mol. The number of methoxy groups -OCH3 is 2. The van der Waals surface area contributed by atoms with Crippen molar-refractivity contribution in [1.29, 1.82) is 0 Å². The summed E-state index contributed by atoms with van der Waals surface area (Å²) in [4.78, 5) is 0. The summed E-state index contributed by atoms with van der Waals surface area (Å²) in [6, 6.07) is 19.8. The first-order valence-corrected chi connectivity index (χ1v) is 18.7. The molecule has 0 bridgehead atoms. The molecule has 0 aromatic heterocycles. The molecule has 0 saturated heterocycles. The van der Waals surface area contributed by atoms with Gasteiger partial charge in [-0.05, 0) is 117 Å². The van der Waals surface area contributed by atoms with Gasteiger partial charge in [0.05, 0.1) is 25.0 Å². The van der Waals surface area contributed by atoms with Gasteiger partial charge in [-0.25, -0.2) is 0 Å². The zero-order chi connectivity index (χ0) is 38.3. The quantitative estimate of drug-likeness (QED) is 0.104. The lowest BCUT2D eigenvalue weighted by Gasteiger charge is -2.31. The van der Waals surface area contributed by atoms with E-state index in [9.17, 15) is 20.4 Å². The summed E-state index contributed by atoms with van der Waals surface area (Å²) in [7, 11) is 3.14. The average Bonchev–Trinajstić information content (AvgIpc) is 3.12. The van der Waals surface area contributed by atoms with Gasteiger partial charge in [-0.15, -0.1) is 0 Å². The minimum Gasteiger partial charge on any atom is -0.507 e. The van der Waals surface area contributed by atoms with Gasteiger partial charge < -0.3 is 40.5 Å². The summed E-state index contributed by atoms with van der Waals surface area (Å²) in [5.41, 5.74) is 9.15. The lowest BCUT2D eigenvalue weighted by atomic mass is 9.82. The molecule has 4 atom stereocenters. The number of nitrogens with one attached hydrogen (secondary N) is 2. The van der Waals surface area contributed by atoms with Gasteiger partial charge in [0.25, 0.3) is 0 Å². The lowest BCUT2D eigenvalue weighted by molar-refractivity contribution is 0.410. The first-order valence-electron chi connectivity index (χ1n) is 18.7. The molecule has 54 heavy (non-hydrogen) atoms. The molecule has 2 heterocycles. The molecule has 6 aromatic rings. The van der Waals surface area contributed by atoms with Crippen molar-refractivity contribution in [3.05, 3.63) is 94.0 Å². The molecule has 278 valence electrons. The molecule has 8 nitrogen and oxygen atoms in total. The molecular formula is C46H48N2O6. The Labute approximate surface area is 316 Å². The standard InChI is InChI=1S/C46H48N2O6/c1-21-18-35(54-8)42-30(36(21)31-14-12-27-19-22(2)47-25(5)39(27)43(31)49)16-17-33(45(42)51)38-24(4)37(29-10-9-11-34(53-7)41(29)46(38)52)32-15-13-28-20-23(3)48-26(6)40(28)44(32)50/h9-18,22-23,25-26,47-52H,19-20H2,1-8H3/t22-,23-,25-,26-/m1/s1. The van der Waals surface area contributed by atoms with Crippen LogP contribution >= 0.6 is 0 Å². The summed E-state index contributed by atoms with van der Waals surface area (Å²) in [5.74, 6) is 1.22. The first-order chi connectivity index (χ1) is 25.9. The van der Waals surface area contributed by atoms with Crippen LogP contribution in [0.3, 0.4) is 0 Å². The number of aromatic hydroxyl groups is 4. The van der Waals surface area contributed by atoms with E-state index in [-0.39, 0.29) is 41.1 Å². The van der Waals surface area contributed by atoms with Gasteiger partial charge in [0.15, 0.2) is 0 Å². The molecule has 0 spiro atoms. The molecule has 6 aromatic carbocycles. The van der Waals surface area contributed by atoms with Gasteiger partial charge in [-0.3, -0.25) is 0 Å². The van der Waals surface area contributed by atoms with Crippen LogP contribution in [0, 0.1) is 13.8 Å². The van der Waals surface area contributed by atoms with E-state index in [1.54, 1.807) is 20.3 Å². The Morgan fingerprint density at radius 1 is 0.556 bits per heavy atom. The minimum absolute atomic E-state index is 0.0313. The van der Waals surface area contributed by atoms with Crippen molar-refractivity contribution in [1.82, 2.24) is 10.6 Å². The number of phenols is 4. The fourth-order valence-electron chi connectivity index (χ4n) is 9.61. The normalized spacial score (nSPS) is 19.5. The van der Waals surface area contributed by atoms with Crippen molar-refractivity contribution in [2.75, 3.05) is 14.2 Å². The van der Waals surface area contributed by atoms with Gasteiger partial charge in [0.2, 0.25) is 0 Å². The highest BCUT2D eigenvalue weighted by Crippen LogP contribution is 2.55. The van der Waals surface area contributed by atoms with Crippen LogP contribution in [0.25, 0.3) is 54.9 Å². The molecule has 0 saturated carbocycles. The molecule has 2 aliphatic heterocycles. The highest BCUT2D eigenvalue weighted by atomic mass is 16.5.